The minimum atomic E-state index is 0.405. The van der Waals surface area contributed by atoms with Crippen LogP contribution in [0, 0.1) is 11.3 Å². The van der Waals surface area contributed by atoms with E-state index in [-0.39, 0.29) is 0 Å². The highest BCUT2D eigenvalue weighted by atomic mass is 35.5. The van der Waals surface area contributed by atoms with Crippen molar-refractivity contribution in [1.29, 1.82) is 5.26 Å². The molecule has 0 aliphatic carbocycles. The molecule has 0 unspecified atom stereocenters. The van der Waals surface area contributed by atoms with Crippen molar-refractivity contribution in [2.24, 2.45) is 0 Å². The lowest BCUT2D eigenvalue weighted by Gasteiger charge is -2.03. The highest BCUT2D eigenvalue weighted by Gasteiger charge is 2.08. The van der Waals surface area contributed by atoms with Gasteiger partial charge >= 0.3 is 0 Å². The molecule has 0 amide bonds. The van der Waals surface area contributed by atoms with Crippen LogP contribution in [-0.2, 0) is 0 Å². The molecular formula is C13H8ClN3. The van der Waals surface area contributed by atoms with E-state index in [4.69, 9.17) is 11.6 Å². The van der Waals surface area contributed by atoms with Crippen LogP contribution in [-0.4, -0.2) is 9.97 Å². The number of halogens is 1. The van der Waals surface area contributed by atoms with Crippen LogP contribution >= 0.6 is 11.6 Å². The molecule has 2 rings (SSSR count). The maximum absolute atomic E-state index is 9.18. The summed E-state index contributed by atoms with van der Waals surface area (Å²) in [4.78, 5) is 7.88. The molecule has 17 heavy (non-hydrogen) atoms. The van der Waals surface area contributed by atoms with Crippen LogP contribution in [0.15, 0.2) is 49.1 Å². The van der Waals surface area contributed by atoms with E-state index < -0.39 is 0 Å². The number of nitriles is 1. The Balaban J connectivity index is 2.53. The summed E-state index contributed by atoms with van der Waals surface area (Å²) >= 11 is 6.21. The van der Waals surface area contributed by atoms with Gasteiger partial charge in [0, 0.05) is 30.4 Å². The molecule has 0 saturated carbocycles. The second-order valence-corrected chi connectivity index (χ2v) is 3.66. The Labute approximate surface area is 104 Å². The van der Waals surface area contributed by atoms with E-state index >= 15 is 0 Å². The third-order valence-corrected chi connectivity index (χ3v) is 2.62. The molecule has 0 N–H and O–H groups in total. The van der Waals surface area contributed by atoms with Crippen molar-refractivity contribution in [3.63, 3.8) is 0 Å². The second-order valence-electron chi connectivity index (χ2n) is 3.28. The van der Waals surface area contributed by atoms with Gasteiger partial charge in [0.1, 0.15) is 6.07 Å². The van der Waals surface area contributed by atoms with Gasteiger partial charge in [-0.2, -0.15) is 5.26 Å². The summed E-state index contributed by atoms with van der Waals surface area (Å²) in [5.41, 5.74) is 1.88. The van der Waals surface area contributed by atoms with E-state index in [0.29, 0.717) is 16.2 Å². The number of rotatable bonds is 2. The van der Waals surface area contributed by atoms with Crippen LogP contribution < -0.4 is 0 Å². The van der Waals surface area contributed by atoms with Gasteiger partial charge in [0.15, 0.2) is 0 Å². The fourth-order valence-electron chi connectivity index (χ4n) is 1.39. The minimum Gasteiger partial charge on any atom is -0.265 e. The van der Waals surface area contributed by atoms with Crippen LogP contribution in [0.5, 0.6) is 0 Å². The van der Waals surface area contributed by atoms with E-state index in [1.54, 1.807) is 49.1 Å². The third kappa shape index (κ3) is 2.49. The molecule has 0 bridgehead atoms. The lowest BCUT2D eigenvalue weighted by molar-refractivity contribution is 1.31. The first-order valence-corrected chi connectivity index (χ1v) is 5.31. The van der Waals surface area contributed by atoms with Crippen molar-refractivity contribution in [2.45, 2.75) is 0 Å². The van der Waals surface area contributed by atoms with E-state index in [1.807, 2.05) is 0 Å². The van der Waals surface area contributed by atoms with Crippen molar-refractivity contribution in [3.05, 3.63) is 60.2 Å². The summed E-state index contributed by atoms with van der Waals surface area (Å²) in [5, 5.41) is 9.58. The van der Waals surface area contributed by atoms with Gasteiger partial charge < -0.3 is 0 Å². The molecular weight excluding hydrogens is 234 g/mol. The Hall–Kier alpha value is -2.18. The lowest BCUT2D eigenvalue weighted by Crippen LogP contribution is -1.87. The lowest BCUT2D eigenvalue weighted by atomic mass is 10.1. The molecule has 4 heteroatoms. The van der Waals surface area contributed by atoms with Crippen LogP contribution in [0.1, 0.15) is 11.1 Å². The number of allylic oxidation sites excluding steroid dienone is 1. The quantitative estimate of drug-likeness (QED) is 0.759. The molecule has 0 spiro atoms. The summed E-state index contributed by atoms with van der Waals surface area (Å²) < 4.78 is 0. The fourth-order valence-corrected chi connectivity index (χ4v) is 1.67. The Morgan fingerprint density at radius 3 is 2.41 bits per heavy atom. The standard InChI is InChI=1S/C13H8ClN3/c14-13(10-3-6-16-7-4-10)12(8-15)11-2-1-5-17-9-11/h1-7,9H/b13-12-. The highest BCUT2D eigenvalue weighted by molar-refractivity contribution is 6.53. The average molecular weight is 242 g/mol. The van der Waals surface area contributed by atoms with E-state index in [9.17, 15) is 5.26 Å². The maximum atomic E-state index is 9.18. The molecule has 0 aliphatic rings. The third-order valence-electron chi connectivity index (χ3n) is 2.22. The molecule has 3 nitrogen and oxygen atoms in total. The monoisotopic (exact) mass is 241 g/mol. The largest absolute Gasteiger partial charge is 0.265 e. The van der Waals surface area contributed by atoms with Crippen LogP contribution in [0.25, 0.3) is 10.6 Å². The number of nitrogens with zero attached hydrogens (tertiary/aromatic N) is 3. The molecule has 82 valence electrons. The predicted octanol–water partition coefficient (Wildman–Crippen LogP) is 3.11. The van der Waals surface area contributed by atoms with Crippen molar-refractivity contribution >= 4 is 22.2 Å². The summed E-state index contributed by atoms with van der Waals surface area (Å²) in [6, 6.07) is 9.19. The Kier molecular flexibility index (Phi) is 3.49. The number of pyridine rings is 2. The molecule has 0 aliphatic heterocycles. The first-order chi connectivity index (χ1) is 8.33. The smallest absolute Gasteiger partial charge is 0.101 e. The first-order valence-electron chi connectivity index (χ1n) is 4.93. The Morgan fingerprint density at radius 2 is 1.82 bits per heavy atom. The first kappa shape index (κ1) is 11.3. The summed E-state index contributed by atoms with van der Waals surface area (Å²) in [7, 11) is 0. The van der Waals surface area contributed by atoms with Crippen LogP contribution in [0.2, 0.25) is 0 Å². The van der Waals surface area contributed by atoms with Crippen molar-refractivity contribution in [2.75, 3.05) is 0 Å². The molecule has 2 aromatic heterocycles. The van der Waals surface area contributed by atoms with Gasteiger partial charge in [0.2, 0.25) is 0 Å². The molecule has 2 aromatic rings. The van der Waals surface area contributed by atoms with Gasteiger partial charge in [0.05, 0.1) is 10.6 Å². The van der Waals surface area contributed by atoms with Gasteiger partial charge in [-0.15, -0.1) is 0 Å². The van der Waals surface area contributed by atoms with Crippen LogP contribution in [0.3, 0.4) is 0 Å². The molecule has 0 fully saturated rings. The van der Waals surface area contributed by atoms with E-state index in [2.05, 4.69) is 16.0 Å². The second kappa shape index (κ2) is 5.24. The Bertz CT molecular complexity index is 571. The molecule has 2 heterocycles. The van der Waals surface area contributed by atoms with Gasteiger partial charge in [-0.05, 0) is 23.8 Å². The topological polar surface area (TPSA) is 49.6 Å². The van der Waals surface area contributed by atoms with Crippen molar-refractivity contribution in [1.82, 2.24) is 9.97 Å². The molecule has 0 aromatic carbocycles. The normalized spacial score (nSPS) is 11.5. The zero-order valence-electron chi connectivity index (χ0n) is 8.84. The highest BCUT2D eigenvalue weighted by Crippen LogP contribution is 2.28. The van der Waals surface area contributed by atoms with Gasteiger partial charge in [-0.1, -0.05) is 17.7 Å². The number of aromatic nitrogens is 2. The summed E-state index contributed by atoms with van der Waals surface area (Å²) in [5.74, 6) is 0. The SMILES string of the molecule is N#C/C(=C(/Cl)c1ccncc1)c1cccnc1. The summed E-state index contributed by atoms with van der Waals surface area (Å²) in [6.45, 7) is 0. The average Bonchev–Trinajstić information content (AvgIpc) is 2.42. The van der Waals surface area contributed by atoms with Crippen molar-refractivity contribution < 1.29 is 0 Å². The zero-order chi connectivity index (χ0) is 12.1. The molecule has 0 atom stereocenters. The number of hydrogen-bond acceptors (Lipinski definition) is 3. The van der Waals surface area contributed by atoms with Crippen molar-refractivity contribution in [3.8, 4) is 6.07 Å². The molecule has 0 saturated heterocycles. The minimum absolute atomic E-state index is 0.405. The van der Waals surface area contributed by atoms with E-state index in [1.165, 1.54) is 0 Å². The van der Waals surface area contributed by atoms with Gasteiger partial charge in [-0.3, -0.25) is 9.97 Å². The van der Waals surface area contributed by atoms with E-state index in [0.717, 1.165) is 5.56 Å². The summed E-state index contributed by atoms with van der Waals surface area (Å²) in [6.07, 6.45) is 6.53. The fraction of sp³-hybridized carbons (Fsp3) is 0. The predicted molar refractivity (Wildman–Crippen MR) is 66.8 cm³/mol. The number of hydrogen-bond donors (Lipinski definition) is 0. The van der Waals surface area contributed by atoms with Crippen LogP contribution in [0.4, 0.5) is 0 Å². The maximum Gasteiger partial charge on any atom is 0.101 e. The van der Waals surface area contributed by atoms with Gasteiger partial charge in [0.25, 0.3) is 0 Å². The van der Waals surface area contributed by atoms with Gasteiger partial charge in [-0.25, -0.2) is 0 Å². The Morgan fingerprint density at radius 1 is 1.06 bits per heavy atom. The zero-order valence-corrected chi connectivity index (χ0v) is 9.59. The molecule has 0 radical (unpaired) electrons.